The third-order valence-corrected chi connectivity index (χ3v) is 6.29. The first kappa shape index (κ1) is 26.6. The second kappa shape index (κ2) is 10.1. The van der Waals surface area contributed by atoms with Gasteiger partial charge in [-0.05, 0) is 43.5 Å². The second-order valence-electron chi connectivity index (χ2n) is 8.83. The Kier molecular flexibility index (Phi) is 7.11. The largest absolute Gasteiger partial charge is 0.496 e. The van der Waals surface area contributed by atoms with Gasteiger partial charge in [-0.2, -0.15) is 13.2 Å². The molecule has 1 aliphatic rings. The minimum atomic E-state index is -4.76. The van der Waals surface area contributed by atoms with Crippen LogP contribution in [0, 0.1) is 17.0 Å². The number of methoxy groups -OCH3 is 1. The van der Waals surface area contributed by atoms with E-state index in [4.69, 9.17) is 4.74 Å². The smallest absolute Gasteiger partial charge is 0.416 e. The number of carbonyl (C=O) groups is 1. The maximum atomic E-state index is 13.4. The molecular formula is C25H24F3N5O5. The Hall–Kier alpha value is -4.42. The number of nitro benzene ring substituents is 1. The summed E-state index contributed by atoms with van der Waals surface area (Å²) in [5.74, 6) is 1.25. The predicted octanol–water partition coefficient (Wildman–Crippen LogP) is 5.81. The molecule has 4 rings (SSSR count). The summed E-state index contributed by atoms with van der Waals surface area (Å²) in [7, 11) is 1.51. The molecule has 1 unspecified atom stereocenters. The molecule has 2 N–H and O–H groups in total. The Morgan fingerprint density at radius 3 is 2.55 bits per heavy atom. The maximum Gasteiger partial charge on any atom is 0.416 e. The van der Waals surface area contributed by atoms with Gasteiger partial charge in [-0.1, -0.05) is 6.08 Å². The van der Waals surface area contributed by atoms with Gasteiger partial charge in [-0.25, -0.2) is 14.8 Å². The van der Waals surface area contributed by atoms with Crippen LogP contribution in [0.15, 0.2) is 36.4 Å². The van der Waals surface area contributed by atoms with Crippen LogP contribution in [0.2, 0.25) is 0 Å². The Bertz CT molecular complexity index is 1460. The number of rotatable bonds is 6. The van der Waals surface area contributed by atoms with Crippen molar-refractivity contribution < 1.29 is 32.7 Å². The Morgan fingerprint density at radius 2 is 1.97 bits per heavy atom. The Balaban J connectivity index is 1.77. The number of aryl methyl sites for hydroxylation is 1. The van der Waals surface area contributed by atoms with E-state index in [0.717, 1.165) is 17.7 Å². The first-order chi connectivity index (χ1) is 17.9. The van der Waals surface area contributed by atoms with Crippen molar-refractivity contribution in [2.24, 2.45) is 0 Å². The van der Waals surface area contributed by atoms with E-state index in [2.05, 4.69) is 15.3 Å². The summed E-state index contributed by atoms with van der Waals surface area (Å²) in [6.07, 6.45) is -3.51. The molecule has 3 aromatic rings. The minimum absolute atomic E-state index is 0.0634. The summed E-state index contributed by atoms with van der Waals surface area (Å²) in [4.78, 5) is 31.9. The van der Waals surface area contributed by atoms with Gasteiger partial charge in [0.1, 0.15) is 17.4 Å². The monoisotopic (exact) mass is 531 g/mol. The quantitative estimate of drug-likeness (QED) is 0.301. The van der Waals surface area contributed by atoms with Crippen LogP contribution in [0.25, 0.3) is 16.5 Å². The SMILES string of the molecule is COc1cc2nc(C)nc(NC(C)c3cc([N+](=O)[O-])cc(C(F)(F)F)c3)c2cc1C1=CCN(C(=O)O)CC1. The molecule has 0 saturated carbocycles. The zero-order valence-electron chi connectivity index (χ0n) is 20.7. The van der Waals surface area contributed by atoms with E-state index in [-0.39, 0.29) is 12.1 Å². The van der Waals surface area contributed by atoms with Gasteiger partial charge >= 0.3 is 12.3 Å². The fraction of sp³-hybridized carbons (Fsp3) is 0.320. The van der Waals surface area contributed by atoms with E-state index in [0.29, 0.717) is 52.9 Å². The van der Waals surface area contributed by atoms with Crippen LogP contribution in [-0.4, -0.2) is 51.2 Å². The van der Waals surface area contributed by atoms with Crippen molar-refractivity contribution in [3.05, 3.63) is 69.0 Å². The number of fused-ring (bicyclic) bond motifs is 1. The highest BCUT2D eigenvalue weighted by Crippen LogP contribution is 2.38. The number of nitro groups is 1. The average Bonchev–Trinajstić information content (AvgIpc) is 2.87. The summed E-state index contributed by atoms with van der Waals surface area (Å²) in [5, 5.41) is 24.2. The van der Waals surface area contributed by atoms with Crippen LogP contribution >= 0.6 is 0 Å². The van der Waals surface area contributed by atoms with Gasteiger partial charge in [-0.3, -0.25) is 10.1 Å². The number of non-ortho nitro benzene ring substituents is 1. The number of aromatic nitrogens is 2. The number of hydrogen-bond acceptors (Lipinski definition) is 7. The zero-order valence-corrected chi connectivity index (χ0v) is 20.7. The van der Waals surface area contributed by atoms with Crippen molar-refractivity contribution in [3.63, 3.8) is 0 Å². The molecule has 1 aliphatic heterocycles. The third kappa shape index (κ3) is 5.45. The Morgan fingerprint density at radius 1 is 1.24 bits per heavy atom. The van der Waals surface area contributed by atoms with E-state index < -0.39 is 34.5 Å². The number of nitrogens with zero attached hydrogens (tertiary/aromatic N) is 4. The number of anilines is 1. The Labute approximate surface area is 214 Å². The number of halogens is 3. The van der Waals surface area contributed by atoms with Crippen molar-refractivity contribution in [2.75, 3.05) is 25.5 Å². The molecule has 13 heteroatoms. The molecule has 0 fully saturated rings. The fourth-order valence-electron chi connectivity index (χ4n) is 4.33. The van der Waals surface area contributed by atoms with Crippen LogP contribution in [-0.2, 0) is 6.18 Å². The molecule has 2 aromatic carbocycles. The lowest BCUT2D eigenvalue weighted by molar-refractivity contribution is -0.385. The molecule has 0 aliphatic carbocycles. The van der Waals surface area contributed by atoms with Crippen LogP contribution in [0.1, 0.15) is 41.9 Å². The molecule has 2 heterocycles. The van der Waals surface area contributed by atoms with Crippen LogP contribution in [0.3, 0.4) is 0 Å². The van der Waals surface area contributed by atoms with Crippen molar-refractivity contribution in [1.82, 2.24) is 14.9 Å². The maximum absolute atomic E-state index is 13.4. The molecular weight excluding hydrogens is 507 g/mol. The molecule has 10 nitrogen and oxygen atoms in total. The minimum Gasteiger partial charge on any atom is -0.496 e. The first-order valence-electron chi connectivity index (χ1n) is 11.5. The molecule has 1 amide bonds. The number of hydrogen-bond donors (Lipinski definition) is 2. The summed E-state index contributed by atoms with van der Waals surface area (Å²) < 4.78 is 45.8. The van der Waals surface area contributed by atoms with Gasteiger partial charge in [0.15, 0.2) is 0 Å². The standard InChI is InChI=1S/C25H24F3N5O5/c1-13(16-8-17(25(26,27)28)10-18(9-16)33(36)37)29-23-20-11-19(15-4-6-32(7-5-15)24(34)35)22(38-3)12-21(20)30-14(2)31-23/h4,8-13H,5-7H2,1-3H3,(H,34,35)(H,29,30,31). The van der Waals surface area contributed by atoms with Crippen LogP contribution < -0.4 is 10.1 Å². The van der Waals surface area contributed by atoms with Crippen molar-refractivity contribution in [1.29, 1.82) is 0 Å². The van der Waals surface area contributed by atoms with Crippen molar-refractivity contribution in [2.45, 2.75) is 32.5 Å². The molecule has 0 spiro atoms. The number of alkyl halides is 3. The second-order valence-corrected chi connectivity index (χ2v) is 8.83. The third-order valence-electron chi connectivity index (χ3n) is 6.29. The number of amides is 1. The summed E-state index contributed by atoms with van der Waals surface area (Å²) in [5.41, 5.74) is 0.377. The normalized spacial score (nSPS) is 14.7. The highest BCUT2D eigenvalue weighted by Gasteiger charge is 2.33. The van der Waals surface area contributed by atoms with E-state index >= 15 is 0 Å². The molecule has 1 aromatic heterocycles. The lowest BCUT2D eigenvalue weighted by Gasteiger charge is -2.25. The summed E-state index contributed by atoms with van der Waals surface area (Å²) in [6.45, 7) is 3.77. The predicted molar refractivity (Wildman–Crippen MR) is 133 cm³/mol. The van der Waals surface area contributed by atoms with Crippen molar-refractivity contribution in [3.8, 4) is 5.75 Å². The first-order valence-corrected chi connectivity index (χ1v) is 11.5. The van der Waals surface area contributed by atoms with E-state index in [9.17, 15) is 33.2 Å². The molecule has 0 radical (unpaired) electrons. The number of benzene rings is 2. The lowest BCUT2D eigenvalue weighted by Crippen LogP contribution is -2.33. The highest BCUT2D eigenvalue weighted by molar-refractivity contribution is 5.94. The number of nitrogens with one attached hydrogen (secondary N) is 1. The summed E-state index contributed by atoms with van der Waals surface area (Å²) >= 11 is 0. The fourth-order valence-corrected chi connectivity index (χ4v) is 4.33. The number of ether oxygens (including phenoxy) is 1. The molecule has 38 heavy (non-hydrogen) atoms. The van der Waals surface area contributed by atoms with E-state index in [1.807, 2.05) is 0 Å². The average molecular weight is 531 g/mol. The van der Waals surface area contributed by atoms with Gasteiger partial charge in [-0.15, -0.1) is 0 Å². The van der Waals surface area contributed by atoms with Crippen molar-refractivity contribution >= 4 is 34.1 Å². The molecule has 0 bridgehead atoms. The van der Waals surface area contributed by atoms with Gasteiger partial charge < -0.3 is 20.1 Å². The molecule has 200 valence electrons. The van der Waals surface area contributed by atoms with E-state index in [1.165, 1.54) is 12.0 Å². The number of carboxylic acid groups (broad SMARTS) is 1. The van der Waals surface area contributed by atoms with E-state index in [1.54, 1.807) is 32.1 Å². The van der Waals surface area contributed by atoms with Gasteiger partial charge in [0.25, 0.3) is 5.69 Å². The topological polar surface area (TPSA) is 131 Å². The molecule has 0 saturated heterocycles. The zero-order chi connectivity index (χ0) is 27.8. The molecule has 1 atom stereocenters. The van der Waals surface area contributed by atoms with Gasteiger partial charge in [0.2, 0.25) is 0 Å². The van der Waals surface area contributed by atoms with Crippen LogP contribution in [0.4, 0.5) is 29.5 Å². The summed E-state index contributed by atoms with van der Waals surface area (Å²) in [6, 6.07) is 5.20. The van der Waals surface area contributed by atoms with Gasteiger partial charge in [0, 0.05) is 42.2 Å². The van der Waals surface area contributed by atoms with Crippen LogP contribution in [0.5, 0.6) is 5.75 Å². The lowest BCUT2D eigenvalue weighted by atomic mass is 9.96. The van der Waals surface area contributed by atoms with Gasteiger partial charge in [0.05, 0.1) is 29.2 Å². The highest BCUT2D eigenvalue weighted by atomic mass is 19.4.